The van der Waals surface area contributed by atoms with Crippen molar-refractivity contribution in [1.29, 1.82) is 0 Å². The van der Waals surface area contributed by atoms with Crippen LogP contribution in [0.5, 0.6) is 11.5 Å². The number of halogens is 2. The lowest BCUT2D eigenvalue weighted by Gasteiger charge is -2.42. The third-order valence-electron chi connectivity index (χ3n) is 5.94. The van der Waals surface area contributed by atoms with Gasteiger partial charge in [0.25, 0.3) is 0 Å². The summed E-state index contributed by atoms with van der Waals surface area (Å²) in [5, 5.41) is 6.92. The fourth-order valence-electron chi connectivity index (χ4n) is 4.29. The Morgan fingerprint density at radius 2 is 1.63 bits per heavy atom. The Morgan fingerprint density at radius 1 is 1.07 bits per heavy atom. The van der Waals surface area contributed by atoms with Gasteiger partial charge in [-0.2, -0.15) is 0 Å². The van der Waals surface area contributed by atoms with Gasteiger partial charge in [0.15, 0.2) is 0 Å². The van der Waals surface area contributed by atoms with Crippen LogP contribution in [0, 0.1) is 5.41 Å². The van der Waals surface area contributed by atoms with E-state index in [0.29, 0.717) is 12.6 Å². The molecule has 9 heteroatoms. The minimum absolute atomic E-state index is 0. The molecule has 7 nitrogen and oxygen atoms in total. The third kappa shape index (κ3) is 6.30. The molecule has 172 valence electrons. The number of likely N-dealkylation sites (tertiary alicyclic amines) is 1. The van der Waals surface area contributed by atoms with Gasteiger partial charge >= 0.3 is 0 Å². The van der Waals surface area contributed by atoms with Crippen molar-refractivity contribution in [2.24, 2.45) is 5.41 Å². The van der Waals surface area contributed by atoms with E-state index in [2.05, 4.69) is 10.6 Å². The van der Waals surface area contributed by atoms with E-state index in [0.717, 1.165) is 69.0 Å². The van der Waals surface area contributed by atoms with E-state index < -0.39 is 0 Å². The number of hydrogen-bond acceptors (Lipinski definition) is 6. The number of methoxy groups -OCH3 is 3. The second-order valence-electron chi connectivity index (χ2n) is 7.78. The Morgan fingerprint density at radius 3 is 2.13 bits per heavy atom. The second kappa shape index (κ2) is 12.4. The average molecular weight is 464 g/mol. The zero-order chi connectivity index (χ0) is 20.0. The molecule has 1 aromatic rings. The van der Waals surface area contributed by atoms with Gasteiger partial charge in [0, 0.05) is 50.1 Å². The van der Waals surface area contributed by atoms with E-state index in [1.165, 1.54) is 0 Å². The molecule has 2 heterocycles. The highest BCUT2D eigenvalue weighted by molar-refractivity contribution is 5.85. The molecule has 1 amide bonds. The van der Waals surface area contributed by atoms with Gasteiger partial charge in [-0.05, 0) is 38.8 Å². The number of benzene rings is 1. The number of carbonyl (C=O) groups is 1. The summed E-state index contributed by atoms with van der Waals surface area (Å²) in [4.78, 5) is 15.3. The number of piperidine rings is 2. The molecule has 0 saturated carbocycles. The highest BCUT2D eigenvalue weighted by Crippen LogP contribution is 2.33. The van der Waals surface area contributed by atoms with Crippen molar-refractivity contribution in [3.8, 4) is 11.5 Å². The van der Waals surface area contributed by atoms with Crippen LogP contribution in [0.4, 0.5) is 5.69 Å². The van der Waals surface area contributed by atoms with Crippen molar-refractivity contribution in [2.75, 3.05) is 59.4 Å². The van der Waals surface area contributed by atoms with Crippen LogP contribution >= 0.6 is 24.8 Å². The van der Waals surface area contributed by atoms with E-state index in [9.17, 15) is 4.79 Å². The van der Waals surface area contributed by atoms with Gasteiger partial charge in [-0.3, -0.25) is 4.79 Å². The number of carbonyl (C=O) groups excluding carboxylic acids is 1. The summed E-state index contributed by atoms with van der Waals surface area (Å²) in [5.74, 6) is 1.79. The van der Waals surface area contributed by atoms with Crippen LogP contribution in [-0.4, -0.2) is 71.0 Å². The highest BCUT2D eigenvalue weighted by Gasteiger charge is 2.42. The topological polar surface area (TPSA) is 72.1 Å². The molecule has 2 saturated heterocycles. The first-order valence-electron chi connectivity index (χ1n) is 10.1. The molecule has 0 radical (unpaired) electrons. The molecule has 0 spiro atoms. The Balaban J connectivity index is 0.00000225. The monoisotopic (exact) mass is 463 g/mol. The standard InChI is InChI=1S/C21H33N3O4.2ClH/c1-26-15-21(6-8-22-9-7-21)20(25)24-10-4-16(5-11-24)23-17-12-18(27-2)14-19(13-17)28-3;;/h12-14,16,22-23H,4-11,15H2,1-3H3;2*1H. The molecule has 3 rings (SSSR count). The first-order chi connectivity index (χ1) is 13.6. The molecule has 0 aromatic heterocycles. The van der Waals surface area contributed by atoms with Crippen molar-refractivity contribution in [3.05, 3.63) is 18.2 Å². The first-order valence-corrected chi connectivity index (χ1v) is 10.1. The van der Waals surface area contributed by atoms with E-state index in [1.807, 2.05) is 23.1 Å². The molecular weight excluding hydrogens is 429 g/mol. The van der Waals surface area contributed by atoms with Crippen LogP contribution in [0.3, 0.4) is 0 Å². The van der Waals surface area contributed by atoms with Gasteiger partial charge in [-0.15, -0.1) is 24.8 Å². The zero-order valence-corrected chi connectivity index (χ0v) is 19.7. The van der Waals surface area contributed by atoms with Gasteiger partial charge in [-0.1, -0.05) is 0 Å². The Labute approximate surface area is 192 Å². The molecule has 0 unspecified atom stereocenters. The maximum atomic E-state index is 13.3. The fourth-order valence-corrected chi connectivity index (χ4v) is 4.29. The molecule has 1 aromatic carbocycles. The molecule has 2 aliphatic rings. The van der Waals surface area contributed by atoms with E-state index in [4.69, 9.17) is 14.2 Å². The summed E-state index contributed by atoms with van der Waals surface area (Å²) < 4.78 is 16.1. The fraction of sp³-hybridized carbons (Fsp3) is 0.667. The smallest absolute Gasteiger partial charge is 0.231 e. The molecule has 2 fully saturated rings. The maximum Gasteiger partial charge on any atom is 0.231 e. The molecule has 2 aliphatic heterocycles. The van der Waals surface area contributed by atoms with Gasteiger partial charge in [0.2, 0.25) is 5.91 Å². The number of ether oxygens (including phenoxy) is 3. The number of nitrogens with zero attached hydrogens (tertiary/aromatic N) is 1. The van der Waals surface area contributed by atoms with Crippen LogP contribution in [0.25, 0.3) is 0 Å². The number of rotatable bonds is 7. The lowest BCUT2D eigenvalue weighted by molar-refractivity contribution is -0.148. The van der Waals surface area contributed by atoms with E-state index in [1.54, 1.807) is 21.3 Å². The van der Waals surface area contributed by atoms with Gasteiger partial charge in [-0.25, -0.2) is 0 Å². The van der Waals surface area contributed by atoms with Crippen molar-refractivity contribution in [3.63, 3.8) is 0 Å². The number of hydrogen-bond donors (Lipinski definition) is 2. The lowest BCUT2D eigenvalue weighted by atomic mass is 9.78. The van der Waals surface area contributed by atoms with Gasteiger partial charge < -0.3 is 29.7 Å². The maximum absolute atomic E-state index is 13.3. The minimum Gasteiger partial charge on any atom is -0.497 e. The Kier molecular flexibility index (Phi) is 11.0. The number of anilines is 1. The first kappa shape index (κ1) is 26.6. The molecule has 0 bridgehead atoms. The highest BCUT2D eigenvalue weighted by atomic mass is 35.5. The molecule has 30 heavy (non-hydrogen) atoms. The molecule has 0 aliphatic carbocycles. The van der Waals surface area contributed by atoms with Crippen molar-refractivity contribution < 1.29 is 19.0 Å². The largest absolute Gasteiger partial charge is 0.497 e. The summed E-state index contributed by atoms with van der Waals surface area (Å²) in [6.45, 7) is 3.82. The zero-order valence-electron chi connectivity index (χ0n) is 18.1. The normalized spacial score (nSPS) is 18.6. The van der Waals surface area contributed by atoms with Gasteiger partial charge in [0.1, 0.15) is 11.5 Å². The van der Waals surface area contributed by atoms with Crippen LogP contribution in [-0.2, 0) is 9.53 Å². The van der Waals surface area contributed by atoms with Crippen LogP contribution in [0.1, 0.15) is 25.7 Å². The number of nitrogens with one attached hydrogen (secondary N) is 2. The SMILES string of the molecule is COCC1(C(=O)N2CCC(Nc3cc(OC)cc(OC)c3)CC2)CCNCC1.Cl.Cl. The van der Waals surface area contributed by atoms with Crippen LogP contribution < -0.4 is 20.1 Å². The third-order valence-corrected chi connectivity index (χ3v) is 5.94. The number of amides is 1. The summed E-state index contributed by atoms with van der Waals surface area (Å²) in [6, 6.07) is 6.14. The molecule has 2 N–H and O–H groups in total. The van der Waals surface area contributed by atoms with Crippen molar-refractivity contribution >= 4 is 36.4 Å². The molecule has 0 atom stereocenters. The van der Waals surface area contributed by atoms with Gasteiger partial charge in [0.05, 0.1) is 26.2 Å². The predicted molar refractivity (Wildman–Crippen MR) is 124 cm³/mol. The van der Waals surface area contributed by atoms with Crippen molar-refractivity contribution in [2.45, 2.75) is 31.7 Å². The van der Waals surface area contributed by atoms with Crippen molar-refractivity contribution in [1.82, 2.24) is 10.2 Å². The van der Waals surface area contributed by atoms with E-state index >= 15 is 0 Å². The lowest BCUT2D eigenvalue weighted by Crippen LogP contribution is -2.54. The van der Waals surface area contributed by atoms with Crippen LogP contribution in [0.15, 0.2) is 18.2 Å². The minimum atomic E-state index is -0.361. The molecular formula is C21H35Cl2N3O4. The predicted octanol–water partition coefficient (Wildman–Crippen LogP) is 2.97. The Hall–Kier alpha value is -1.41. The quantitative estimate of drug-likeness (QED) is 0.647. The Bertz CT molecular complexity index is 636. The summed E-state index contributed by atoms with van der Waals surface area (Å²) in [6.07, 6.45) is 3.54. The van der Waals surface area contributed by atoms with E-state index in [-0.39, 0.29) is 36.1 Å². The summed E-state index contributed by atoms with van der Waals surface area (Å²) in [7, 11) is 4.99. The van der Waals surface area contributed by atoms with Crippen LogP contribution in [0.2, 0.25) is 0 Å². The summed E-state index contributed by atoms with van der Waals surface area (Å²) in [5.41, 5.74) is 0.621. The average Bonchev–Trinajstić information content (AvgIpc) is 2.74. The second-order valence-corrected chi connectivity index (χ2v) is 7.78. The summed E-state index contributed by atoms with van der Waals surface area (Å²) >= 11 is 0.